The number of carbonyl (C=O) groups is 2. The number of carbonyl (C=O) groups excluding carboxylic acids is 1. The van der Waals surface area contributed by atoms with Crippen molar-refractivity contribution in [3.8, 4) is 0 Å². The van der Waals surface area contributed by atoms with Gasteiger partial charge >= 0.3 is 11.5 Å². The summed E-state index contributed by atoms with van der Waals surface area (Å²) in [7, 11) is 0. The quantitative estimate of drug-likeness (QED) is 0.932. The normalized spacial score (nSPS) is 17.9. The Labute approximate surface area is 116 Å². The van der Waals surface area contributed by atoms with Gasteiger partial charge in [-0.05, 0) is 23.4 Å². The number of thioether (sulfide) groups is 1. The van der Waals surface area contributed by atoms with Crippen molar-refractivity contribution in [1.82, 2.24) is 0 Å². The lowest BCUT2D eigenvalue weighted by molar-refractivity contribution is -0.138. The molecule has 0 fully saturated rings. The van der Waals surface area contributed by atoms with E-state index in [4.69, 9.17) is 5.11 Å². The highest BCUT2D eigenvalue weighted by Gasteiger charge is 2.37. The highest BCUT2D eigenvalue weighted by molar-refractivity contribution is 8.00. The summed E-state index contributed by atoms with van der Waals surface area (Å²) in [6.45, 7) is -0.133. The van der Waals surface area contributed by atoms with E-state index < -0.39 is 40.8 Å². The summed E-state index contributed by atoms with van der Waals surface area (Å²) in [6.07, 6.45) is 0. The van der Waals surface area contributed by atoms with Crippen LogP contribution in [-0.2, 0) is 9.59 Å². The van der Waals surface area contributed by atoms with Gasteiger partial charge in [-0.25, -0.2) is 0 Å². The Morgan fingerprint density at radius 3 is 2.60 bits per heavy atom. The average molecular weight is 305 g/mol. The Hall–Kier alpha value is -1.70. The Kier molecular flexibility index (Phi) is 3.94. The molecule has 0 radical (unpaired) electrons. The molecule has 1 aromatic rings. The van der Waals surface area contributed by atoms with Crippen molar-refractivity contribution in [2.24, 2.45) is 0 Å². The molecule has 1 aromatic carbocycles. The van der Waals surface area contributed by atoms with Crippen LogP contribution in [-0.4, -0.2) is 34.8 Å². The predicted molar refractivity (Wildman–Crippen MR) is 67.7 cm³/mol. The molecule has 108 valence electrons. The number of para-hydroxylation sites is 1. The molecule has 8 heteroatoms. The third-order valence-electron chi connectivity index (χ3n) is 2.93. The lowest BCUT2D eigenvalue weighted by Gasteiger charge is -2.17. The summed E-state index contributed by atoms with van der Waals surface area (Å²) < 4.78 is 36.3. The highest BCUT2D eigenvalue weighted by Crippen LogP contribution is 2.37. The monoisotopic (exact) mass is 305 g/mol. The summed E-state index contributed by atoms with van der Waals surface area (Å²) in [5, 5.41) is 9.10. The summed E-state index contributed by atoms with van der Waals surface area (Å²) in [4.78, 5) is 24.1. The summed E-state index contributed by atoms with van der Waals surface area (Å²) in [5.74, 6) is -3.50. The highest BCUT2D eigenvalue weighted by atomic mass is 32.2. The number of fused-ring (bicyclic) bond motifs is 1. The van der Waals surface area contributed by atoms with Gasteiger partial charge in [0.15, 0.2) is 0 Å². The fourth-order valence-corrected chi connectivity index (χ4v) is 2.52. The van der Waals surface area contributed by atoms with E-state index in [1.54, 1.807) is 18.2 Å². The first kappa shape index (κ1) is 14.7. The number of carboxylic acids is 1. The number of halogens is 3. The van der Waals surface area contributed by atoms with E-state index >= 15 is 0 Å². The topological polar surface area (TPSA) is 57.6 Å². The van der Waals surface area contributed by atoms with Crippen molar-refractivity contribution >= 4 is 29.3 Å². The van der Waals surface area contributed by atoms with Gasteiger partial charge in [-0.1, -0.05) is 18.2 Å². The molecule has 2 rings (SSSR count). The number of alkyl halides is 3. The van der Waals surface area contributed by atoms with Gasteiger partial charge in [0.1, 0.15) is 5.92 Å². The molecular formula is C12H10F3NO3S. The minimum absolute atomic E-state index is 0.133. The standard InChI is InChI=1S/C12H10F3NO3S/c13-12(14,15)20-6-10(17)16-5-8(11(18)19)7-3-1-2-4-9(7)16/h1-4,8H,5-6H2,(H,18,19). The van der Waals surface area contributed by atoms with E-state index in [1.165, 1.54) is 6.07 Å². The van der Waals surface area contributed by atoms with Crippen molar-refractivity contribution in [1.29, 1.82) is 0 Å². The molecular weight excluding hydrogens is 295 g/mol. The van der Waals surface area contributed by atoms with Gasteiger partial charge in [0.2, 0.25) is 5.91 Å². The van der Waals surface area contributed by atoms with Gasteiger partial charge in [-0.15, -0.1) is 0 Å². The van der Waals surface area contributed by atoms with Gasteiger partial charge in [0, 0.05) is 12.2 Å². The molecule has 20 heavy (non-hydrogen) atoms. The molecule has 0 bridgehead atoms. The Morgan fingerprint density at radius 2 is 2.00 bits per heavy atom. The van der Waals surface area contributed by atoms with Crippen LogP contribution >= 0.6 is 11.8 Å². The van der Waals surface area contributed by atoms with Crippen LogP contribution in [0, 0.1) is 0 Å². The molecule has 0 saturated carbocycles. The minimum atomic E-state index is -4.49. The third kappa shape index (κ3) is 3.06. The van der Waals surface area contributed by atoms with Crippen LogP contribution in [0.3, 0.4) is 0 Å². The zero-order valence-corrected chi connectivity index (χ0v) is 10.9. The first-order valence-corrected chi connectivity index (χ1v) is 6.61. The van der Waals surface area contributed by atoms with Crippen molar-refractivity contribution in [2.75, 3.05) is 17.2 Å². The van der Waals surface area contributed by atoms with Gasteiger partial charge in [-0.2, -0.15) is 13.2 Å². The number of amides is 1. The third-order valence-corrected chi connectivity index (χ3v) is 3.65. The summed E-state index contributed by atoms with van der Waals surface area (Å²) in [6, 6.07) is 6.35. The molecule has 0 saturated heterocycles. The van der Waals surface area contributed by atoms with E-state index in [2.05, 4.69) is 0 Å². The van der Waals surface area contributed by atoms with Crippen molar-refractivity contribution < 1.29 is 27.9 Å². The molecule has 1 atom stereocenters. The van der Waals surface area contributed by atoms with Crippen LogP contribution in [0.4, 0.5) is 18.9 Å². The number of anilines is 1. The zero-order valence-electron chi connectivity index (χ0n) is 10.1. The van der Waals surface area contributed by atoms with Crippen LogP contribution in [0.5, 0.6) is 0 Å². The molecule has 0 aliphatic carbocycles. The SMILES string of the molecule is O=C(O)C1CN(C(=O)CSC(F)(F)F)c2ccccc21. The predicted octanol–water partition coefficient (Wildman–Crippen LogP) is 2.45. The molecule has 1 amide bonds. The molecule has 4 nitrogen and oxygen atoms in total. The average Bonchev–Trinajstić information content (AvgIpc) is 2.75. The molecule has 1 aliphatic rings. The number of rotatable bonds is 3. The van der Waals surface area contributed by atoms with Crippen molar-refractivity contribution in [3.63, 3.8) is 0 Å². The summed E-state index contributed by atoms with van der Waals surface area (Å²) >= 11 is -0.426. The summed E-state index contributed by atoms with van der Waals surface area (Å²) in [5.41, 5.74) is -3.67. The maximum Gasteiger partial charge on any atom is 0.442 e. The minimum Gasteiger partial charge on any atom is -0.481 e. The van der Waals surface area contributed by atoms with E-state index in [9.17, 15) is 22.8 Å². The van der Waals surface area contributed by atoms with E-state index in [0.717, 1.165) is 4.90 Å². The van der Waals surface area contributed by atoms with E-state index in [1.807, 2.05) is 0 Å². The Balaban J connectivity index is 2.18. The number of carboxylic acid groups (broad SMARTS) is 1. The number of aliphatic carboxylic acids is 1. The van der Waals surface area contributed by atoms with Crippen LogP contribution < -0.4 is 4.90 Å². The number of benzene rings is 1. The second-order valence-electron chi connectivity index (χ2n) is 4.19. The molecule has 0 spiro atoms. The number of hydrogen-bond acceptors (Lipinski definition) is 3. The molecule has 1 heterocycles. The fraction of sp³-hybridized carbons (Fsp3) is 0.333. The van der Waals surface area contributed by atoms with Crippen LogP contribution in [0.1, 0.15) is 11.5 Å². The van der Waals surface area contributed by atoms with Gasteiger partial charge in [0.25, 0.3) is 0 Å². The lowest BCUT2D eigenvalue weighted by atomic mass is 10.0. The fourth-order valence-electron chi connectivity index (χ4n) is 2.08. The number of hydrogen-bond donors (Lipinski definition) is 1. The number of nitrogens with zero attached hydrogens (tertiary/aromatic N) is 1. The van der Waals surface area contributed by atoms with E-state index in [-0.39, 0.29) is 6.54 Å². The van der Waals surface area contributed by atoms with Gasteiger partial charge < -0.3 is 10.0 Å². The first-order chi connectivity index (χ1) is 9.29. The maximum atomic E-state index is 12.1. The van der Waals surface area contributed by atoms with Gasteiger partial charge in [0.05, 0.1) is 5.75 Å². The Morgan fingerprint density at radius 1 is 1.35 bits per heavy atom. The second-order valence-corrected chi connectivity index (χ2v) is 5.23. The molecule has 1 N–H and O–H groups in total. The van der Waals surface area contributed by atoms with Crippen LogP contribution in [0.25, 0.3) is 0 Å². The smallest absolute Gasteiger partial charge is 0.442 e. The van der Waals surface area contributed by atoms with Crippen LogP contribution in [0.15, 0.2) is 24.3 Å². The van der Waals surface area contributed by atoms with Crippen molar-refractivity contribution in [2.45, 2.75) is 11.4 Å². The maximum absolute atomic E-state index is 12.1. The lowest BCUT2D eigenvalue weighted by Crippen LogP contribution is -2.33. The molecule has 1 unspecified atom stereocenters. The van der Waals surface area contributed by atoms with Crippen LogP contribution in [0.2, 0.25) is 0 Å². The zero-order chi connectivity index (χ0) is 14.9. The van der Waals surface area contributed by atoms with E-state index in [0.29, 0.717) is 11.3 Å². The second kappa shape index (κ2) is 5.35. The first-order valence-electron chi connectivity index (χ1n) is 5.62. The largest absolute Gasteiger partial charge is 0.481 e. The molecule has 0 aromatic heterocycles. The van der Waals surface area contributed by atoms with Gasteiger partial charge in [-0.3, -0.25) is 9.59 Å². The van der Waals surface area contributed by atoms with Crippen molar-refractivity contribution in [3.05, 3.63) is 29.8 Å². The Bertz CT molecular complexity index is 547. The molecule has 1 aliphatic heterocycles.